The van der Waals surface area contributed by atoms with Crippen LogP contribution in [0.5, 0.6) is 0 Å². The van der Waals surface area contributed by atoms with Gasteiger partial charge in [-0.05, 0) is 44.2 Å². The standard InChI is InChI=1S/C21H23F2N7O2/c1-12-7-17-25-11-26-30(17)9-14(12)27-20-24-8-15-18(28-20)21(19(31)29(15)2)5-3-13(4-6-21)32-10-16(22)23/h7-9,11,13,16H,3-6,10H2,1-2H3,(H,24,27,28). The van der Waals surface area contributed by atoms with Gasteiger partial charge < -0.3 is 15.0 Å². The molecule has 9 nitrogen and oxygen atoms in total. The Morgan fingerprint density at radius 2 is 2.09 bits per heavy atom. The van der Waals surface area contributed by atoms with Crippen molar-refractivity contribution in [3.8, 4) is 0 Å². The quantitative estimate of drug-likeness (QED) is 0.647. The average Bonchev–Trinajstić information content (AvgIpc) is 3.31. The summed E-state index contributed by atoms with van der Waals surface area (Å²) in [5.41, 5.74) is 3.04. The lowest BCUT2D eigenvalue weighted by Crippen LogP contribution is -2.43. The largest absolute Gasteiger partial charge is 0.372 e. The summed E-state index contributed by atoms with van der Waals surface area (Å²) in [4.78, 5) is 28.1. The molecule has 1 N–H and O–H groups in total. The van der Waals surface area contributed by atoms with Crippen molar-refractivity contribution in [2.45, 2.75) is 50.6 Å². The fourth-order valence-electron chi connectivity index (χ4n) is 4.68. The number of nitrogens with one attached hydrogen (secondary N) is 1. The highest BCUT2D eigenvalue weighted by Gasteiger charge is 2.53. The first-order valence-corrected chi connectivity index (χ1v) is 10.5. The number of amides is 1. The van der Waals surface area contributed by atoms with Crippen molar-refractivity contribution in [3.63, 3.8) is 0 Å². The maximum atomic E-state index is 13.2. The van der Waals surface area contributed by atoms with Gasteiger partial charge in [-0.25, -0.2) is 28.2 Å². The van der Waals surface area contributed by atoms with Gasteiger partial charge in [0.25, 0.3) is 6.43 Å². The zero-order chi connectivity index (χ0) is 22.5. The zero-order valence-electron chi connectivity index (χ0n) is 17.8. The number of hydrogen-bond donors (Lipinski definition) is 1. The van der Waals surface area contributed by atoms with Crippen LogP contribution < -0.4 is 10.2 Å². The van der Waals surface area contributed by atoms with E-state index in [1.165, 1.54) is 6.33 Å². The van der Waals surface area contributed by atoms with Crippen LogP contribution in [-0.4, -0.2) is 56.7 Å². The first-order chi connectivity index (χ1) is 15.4. The Hall–Kier alpha value is -3.21. The molecule has 0 unspecified atom stereocenters. The summed E-state index contributed by atoms with van der Waals surface area (Å²) in [6.07, 6.45) is 4.24. The van der Waals surface area contributed by atoms with Crippen molar-refractivity contribution in [1.29, 1.82) is 0 Å². The Morgan fingerprint density at radius 3 is 2.84 bits per heavy atom. The van der Waals surface area contributed by atoms with Crippen molar-refractivity contribution >= 4 is 28.9 Å². The molecule has 0 bridgehead atoms. The van der Waals surface area contributed by atoms with Crippen LogP contribution in [0.25, 0.3) is 5.65 Å². The van der Waals surface area contributed by atoms with Crippen LogP contribution in [-0.2, 0) is 14.9 Å². The number of carbonyl (C=O) groups is 1. The lowest BCUT2D eigenvalue weighted by molar-refractivity contribution is -0.125. The highest BCUT2D eigenvalue weighted by atomic mass is 19.3. The predicted octanol–water partition coefficient (Wildman–Crippen LogP) is 3.01. The van der Waals surface area contributed by atoms with E-state index in [1.807, 2.05) is 19.2 Å². The molecule has 1 amide bonds. The molecule has 1 saturated carbocycles. The molecule has 11 heteroatoms. The number of aryl methyl sites for hydroxylation is 1. The van der Waals surface area contributed by atoms with E-state index in [-0.39, 0.29) is 12.0 Å². The first kappa shape index (κ1) is 20.7. The van der Waals surface area contributed by atoms with Crippen LogP contribution in [0.3, 0.4) is 0 Å². The molecular weight excluding hydrogens is 420 g/mol. The minimum Gasteiger partial charge on any atom is -0.372 e. The maximum absolute atomic E-state index is 13.2. The number of hydrogen-bond acceptors (Lipinski definition) is 7. The Bertz CT molecular complexity index is 1170. The molecule has 1 aliphatic carbocycles. The van der Waals surface area contributed by atoms with Crippen molar-refractivity contribution in [2.24, 2.45) is 0 Å². The highest BCUT2D eigenvalue weighted by molar-refractivity contribution is 6.07. The molecule has 3 aromatic heterocycles. The van der Waals surface area contributed by atoms with E-state index in [9.17, 15) is 13.6 Å². The molecule has 0 saturated heterocycles. The molecule has 1 spiro atoms. The van der Waals surface area contributed by atoms with Gasteiger partial charge in [0, 0.05) is 7.05 Å². The summed E-state index contributed by atoms with van der Waals surface area (Å²) in [6, 6.07) is 1.90. The van der Waals surface area contributed by atoms with Gasteiger partial charge in [0.15, 0.2) is 5.65 Å². The van der Waals surface area contributed by atoms with Gasteiger partial charge in [-0.15, -0.1) is 0 Å². The number of likely N-dealkylation sites (N-methyl/N-ethyl adjacent to an activating group) is 1. The Labute approximate surface area is 182 Å². The average molecular weight is 443 g/mol. The molecule has 4 heterocycles. The van der Waals surface area contributed by atoms with E-state index < -0.39 is 18.4 Å². The van der Waals surface area contributed by atoms with Crippen molar-refractivity contribution < 1.29 is 18.3 Å². The molecule has 5 rings (SSSR count). The zero-order valence-corrected chi connectivity index (χ0v) is 17.8. The predicted molar refractivity (Wildman–Crippen MR) is 112 cm³/mol. The van der Waals surface area contributed by atoms with Gasteiger partial charge in [0.1, 0.15) is 12.9 Å². The van der Waals surface area contributed by atoms with Crippen LogP contribution in [0.1, 0.15) is 36.9 Å². The lowest BCUT2D eigenvalue weighted by Gasteiger charge is -2.35. The Morgan fingerprint density at radius 1 is 1.31 bits per heavy atom. The Kier molecular flexibility index (Phi) is 5.00. The Balaban J connectivity index is 1.42. The molecule has 32 heavy (non-hydrogen) atoms. The van der Waals surface area contributed by atoms with Gasteiger partial charge in [-0.1, -0.05) is 0 Å². The number of aromatic nitrogens is 5. The number of alkyl halides is 2. The summed E-state index contributed by atoms with van der Waals surface area (Å²) in [7, 11) is 1.72. The van der Waals surface area contributed by atoms with E-state index in [1.54, 1.807) is 22.7 Å². The summed E-state index contributed by atoms with van der Waals surface area (Å²) >= 11 is 0. The van der Waals surface area contributed by atoms with Gasteiger partial charge in [-0.2, -0.15) is 5.10 Å². The van der Waals surface area contributed by atoms with Crippen molar-refractivity contribution in [1.82, 2.24) is 24.6 Å². The molecule has 3 aromatic rings. The number of ether oxygens (including phenoxy) is 1. The van der Waals surface area contributed by atoms with Gasteiger partial charge >= 0.3 is 0 Å². The third kappa shape index (κ3) is 3.36. The van der Waals surface area contributed by atoms with E-state index >= 15 is 0 Å². The molecular formula is C21H23F2N7O2. The van der Waals surface area contributed by atoms with Crippen LogP contribution in [0, 0.1) is 6.92 Å². The molecule has 0 atom stereocenters. The van der Waals surface area contributed by atoms with Crippen LogP contribution >= 0.6 is 0 Å². The second-order valence-electron chi connectivity index (χ2n) is 8.36. The molecule has 1 aliphatic heterocycles. The summed E-state index contributed by atoms with van der Waals surface area (Å²) < 4.78 is 32.0. The van der Waals surface area contributed by atoms with Gasteiger partial charge in [0.2, 0.25) is 11.9 Å². The molecule has 0 radical (unpaired) electrons. The number of nitrogens with zero attached hydrogens (tertiary/aromatic N) is 6. The van der Waals surface area contributed by atoms with E-state index in [0.29, 0.717) is 43.0 Å². The van der Waals surface area contributed by atoms with E-state index in [0.717, 1.165) is 16.9 Å². The lowest BCUT2D eigenvalue weighted by atomic mass is 9.71. The summed E-state index contributed by atoms with van der Waals surface area (Å²) in [6.45, 7) is 1.37. The summed E-state index contributed by atoms with van der Waals surface area (Å²) in [5, 5.41) is 7.38. The molecule has 2 aliphatic rings. The van der Waals surface area contributed by atoms with Crippen molar-refractivity contribution in [2.75, 3.05) is 23.9 Å². The highest BCUT2D eigenvalue weighted by Crippen LogP contribution is 2.49. The number of halogens is 2. The van der Waals surface area contributed by atoms with E-state index in [4.69, 9.17) is 9.72 Å². The smallest absolute Gasteiger partial charge is 0.261 e. The fraction of sp³-hybridized carbons (Fsp3) is 0.476. The second kappa shape index (κ2) is 7.73. The number of fused-ring (bicyclic) bond motifs is 3. The van der Waals surface area contributed by atoms with E-state index in [2.05, 4.69) is 20.4 Å². The van der Waals surface area contributed by atoms with Crippen LogP contribution in [0.2, 0.25) is 0 Å². The summed E-state index contributed by atoms with van der Waals surface area (Å²) in [5.74, 6) is 0.344. The fourth-order valence-corrected chi connectivity index (χ4v) is 4.68. The third-order valence-electron chi connectivity index (χ3n) is 6.41. The number of carbonyl (C=O) groups excluding carboxylic acids is 1. The normalized spacial score (nSPS) is 22.8. The van der Waals surface area contributed by atoms with Crippen LogP contribution in [0.4, 0.5) is 26.1 Å². The maximum Gasteiger partial charge on any atom is 0.261 e. The van der Waals surface area contributed by atoms with Gasteiger partial charge in [-0.3, -0.25) is 4.79 Å². The monoisotopic (exact) mass is 443 g/mol. The number of anilines is 3. The third-order valence-corrected chi connectivity index (χ3v) is 6.41. The van der Waals surface area contributed by atoms with Gasteiger partial charge in [0.05, 0.1) is 41.0 Å². The van der Waals surface area contributed by atoms with Crippen molar-refractivity contribution in [3.05, 3.63) is 36.0 Å². The van der Waals surface area contributed by atoms with Crippen LogP contribution in [0.15, 0.2) is 24.8 Å². The topological polar surface area (TPSA) is 97.5 Å². The second-order valence-corrected chi connectivity index (χ2v) is 8.36. The molecule has 168 valence electrons. The SMILES string of the molecule is Cc1cc2ncnn2cc1Nc1ncc2c(n1)C1(CCC(OCC(F)F)CC1)C(=O)N2C. The first-order valence-electron chi connectivity index (χ1n) is 10.5. The minimum atomic E-state index is -2.49. The molecule has 1 fully saturated rings. The molecule has 0 aromatic carbocycles. The number of rotatable bonds is 5. The minimum absolute atomic E-state index is 0.0357. The number of pyridine rings is 1.